The molecule has 2 aromatic carbocycles. The third-order valence-corrected chi connectivity index (χ3v) is 9.45. The number of hydroxylamine groups is 2. The molecule has 1 spiro atoms. The Morgan fingerprint density at radius 3 is 2.51 bits per heavy atom. The standard InChI is InChI=1S/C30H28BrF3N4O5/c1-17-7-8-29(26-14-36(17)28(41)24-11-25(39)21(27(35)40)12-37(24)26)16-30(31,42-15-18-5-3-2-4-6-18)38(43-29)13-20-22(33)9-19(32)10-23(20)34/h2-6,9-12,17,26H,7-8,13-16H2,1H3,(H2,35,40). The molecule has 2 amide bonds. The van der Waals surface area contributed by atoms with Gasteiger partial charge in [-0.1, -0.05) is 30.3 Å². The minimum absolute atomic E-state index is 0.0717. The average Bonchev–Trinajstić information content (AvgIpc) is 3.18. The Morgan fingerprint density at radius 1 is 1.14 bits per heavy atom. The fraction of sp³-hybridized carbons (Fsp3) is 0.367. The van der Waals surface area contributed by atoms with E-state index in [2.05, 4.69) is 15.9 Å². The number of ether oxygens (including phenoxy) is 1. The molecular weight excluding hydrogens is 633 g/mol. The summed E-state index contributed by atoms with van der Waals surface area (Å²) in [6, 6.07) is 10.7. The number of pyridine rings is 1. The van der Waals surface area contributed by atoms with Gasteiger partial charge in [0.1, 0.15) is 34.3 Å². The number of aromatic nitrogens is 1. The summed E-state index contributed by atoms with van der Waals surface area (Å²) < 4.78 is 50.0. The van der Waals surface area contributed by atoms with Crippen LogP contribution in [-0.2, 0) is 22.7 Å². The van der Waals surface area contributed by atoms with Crippen molar-refractivity contribution in [3.05, 3.63) is 105 Å². The van der Waals surface area contributed by atoms with Crippen molar-refractivity contribution >= 4 is 27.7 Å². The molecule has 2 fully saturated rings. The maximum absolute atomic E-state index is 14.9. The summed E-state index contributed by atoms with van der Waals surface area (Å²) in [5, 5.41) is 1.29. The second kappa shape index (κ2) is 10.9. The van der Waals surface area contributed by atoms with Crippen LogP contribution in [0.5, 0.6) is 0 Å². The molecule has 9 nitrogen and oxygen atoms in total. The second-order valence-corrected chi connectivity index (χ2v) is 12.5. The zero-order chi connectivity index (χ0) is 30.7. The van der Waals surface area contributed by atoms with E-state index in [0.29, 0.717) is 25.0 Å². The molecule has 3 aliphatic heterocycles. The van der Waals surface area contributed by atoms with Gasteiger partial charge in [-0.2, -0.15) is 0 Å². The zero-order valence-electron chi connectivity index (χ0n) is 23.1. The molecule has 3 aliphatic rings. The van der Waals surface area contributed by atoms with Gasteiger partial charge in [0.15, 0.2) is 5.43 Å². The summed E-state index contributed by atoms with van der Waals surface area (Å²) in [6.07, 6.45) is 2.28. The summed E-state index contributed by atoms with van der Waals surface area (Å²) in [7, 11) is 0. The van der Waals surface area contributed by atoms with Crippen molar-refractivity contribution in [2.24, 2.45) is 5.73 Å². The topological polar surface area (TPSA) is 107 Å². The summed E-state index contributed by atoms with van der Waals surface area (Å²) in [5.74, 6) is -4.53. The Morgan fingerprint density at radius 2 is 1.84 bits per heavy atom. The first-order valence-electron chi connectivity index (χ1n) is 13.7. The Labute approximate surface area is 253 Å². The lowest BCUT2D eigenvalue weighted by molar-refractivity contribution is -0.266. The molecule has 1 aromatic heterocycles. The van der Waals surface area contributed by atoms with Gasteiger partial charge in [-0.15, -0.1) is 5.06 Å². The van der Waals surface area contributed by atoms with Crippen molar-refractivity contribution in [2.75, 3.05) is 6.54 Å². The van der Waals surface area contributed by atoms with Crippen LogP contribution < -0.4 is 11.2 Å². The molecular formula is C30H28BrF3N4O5. The van der Waals surface area contributed by atoms with Gasteiger partial charge >= 0.3 is 0 Å². The molecule has 0 radical (unpaired) electrons. The zero-order valence-corrected chi connectivity index (χ0v) is 24.7. The highest BCUT2D eigenvalue weighted by molar-refractivity contribution is 9.10. The molecule has 4 unspecified atom stereocenters. The first-order chi connectivity index (χ1) is 20.4. The first kappa shape index (κ1) is 29.5. The number of amides is 2. The van der Waals surface area contributed by atoms with E-state index in [1.54, 1.807) is 9.47 Å². The maximum Gasteiger partial charge on any atom is 0.270 e. The highest BCUT2D eigenvalue weighted by atomic mass is 79.9. The average molecular weight is 661 g/mol. The van der Waals surface area contributed by atoms with Gasteiger partial charge in [0.25, 0.3) is 11.8 Å². The predicted molar refractivity (Wildman–Crippen MR) is 151 cm³/mol. The number of nitrogens with zero attached hydrogens (tertiary/aromatic N) is 3. The summed E-state index contributed by atoms with van der Waals surface area (Å²) in [4.78, 5) is 46.6. The van der Waals surface area contributed by atoms with Crippen LogP contribution in [0.15, 0.2) is 59.5 Å². The second-order valence-electron chi connectivity index (χ2n) is 11.2. The number of primary amides is 1. The lowest BCUT2D eigenvalue weighted by Gasteiger charge is -2.42. The fourth-order valence-corrected chi connectivity index (χ4v) is 7.03. The monoisotopic (exact) mass is 660 g/mol. The molecule has 6 rings (SSSR count). The minimum atomic E-state index is -1.43. The number of rotatable bonds is 6. The van der Waals surface area contributed by atoms with E-state index < -0.39 is 57.2 Å². The number of hydrogen-bond donors (Lipinski definition) is 1. The van der Waals surface area contributed by atoms with Gasteiger partial charge in [-0.25, -0.2) is 13.2 Å². The van der Waals surface area contributed by atoms with E-state index in [1.165, 1.54) is 11.3 Å². The van der Waals surface area contributed by atoms with Crippen molar-refractivity contribution < 1.29 is 32.3 Å². The van der Waals surface area contributed by atoms with Crippen molar-refractivity contribution in [3.8, 4) is 0 Å². The number of alkyl halides is 1. The van der Waals surface area contributed by atoms with Gasteiger partial charge in [0.05, 0.1) is 19.2 Å². The van der Waals surface area contributed by atoms with Crippen molar-refractivity contribution in [1.29, 1.82) is 0 Å². The molecule has 0 saturated carbocycles. The molecule has 226 valence electrons. The van der Waals surface area contributed by atoms with Gasteiger partial charge in [-0.05, 0) is 41.3 Å². The van der Waals surface area contributed by atoms with Crippen LogP contribution in [0.25, 0.3) is 0 Å². The number of benzene rings is 2. The number of hydrogen-bond acceptors (Lipinski definition) is 6. The van der Waals surface area contributed by atoms with Gasteiger partial charge in [0, 0.05) is 49.0 Å². The molecule has 4 heterocycles. The Kier molecular flexibility index (Phi) is 7.48. The van der Waals surface area contributed by atoms with Crippen molar-refractivity contribution in [3.63, 3.8) is 0 Å². The van der Waals surface area contributed by atoms with E-state index in [4.69, 9.17) is 15.3 Å². The van der Waals surface area contributed by atoms with Crippen LogP contribution in [0.4, 0.5) is 13.2 Å². The third-order valence-electron chi connectivity index (χ3n) is 8.55. The van der Waals surface area contributed by atoms with E-state index in [-0.39, 0.29) is 42.8 Å². The Balaban J connectivity index is 1.46. The first-order valence-corrected chi connectivity index (χ1v) is 14.5. The minimum Gasteiger partial charge on any atom is -0.365 e. The van der Waals surface area contributed by atoms with E-state index in [1.807, 2.05) is 37.3 Å². The number of halogens is 4. The van der Waals surface area contributed by atoms with Gasteiger partial charge < -0.3 is 19.9 Å². The van der Waals surface area contributed by atoms with Crippen LogP contribution in [0, 0.1) is 17.5 Å². The molecule has 2 saturated heterocycles. The number of carbonyl (C=O) groups excluding carboxylic acids is 2. The van der Waals surface area contributed by atoms with E-state index in [0.717, 1.165) is 11.6 Å². The van der Waals surface area contributed by atoms with Crippen LogP contribution in [0.2, 0.25) is 0 Å². The molecule has 0 aliphatic carbocycles. The SMILES string of the molecule is CC1CCC2(CC(Br)(OCc3ccccc3)N(Cc3c(F)cc(F)cc3F)O2)C2CN1C(=O)c1cc(=O)c(C(N)=O)cn12. The largest absolute Gasteiger partial charge is 0.365 e. The molecule has 2 N–H and O–H groups in total. The molecule has 13 heteroatoms. The van der Waals surface area contributed by atoms with Crippen LogP contribution in [-0.4, -0.2) is 49.2 Å². The van der Waals surface area contributed by atoms with Crippen molar-refractivity contribution in [1.82, 2.24) is 14.5 Å². The molecule has 43 heavy (non-hydrogen) atoms. The fourth-order valence-electron chi connectivity index (χ4n) is 6.24. The number of nitrogens with two attached hydrogens (primary N) is 1. The van der Waals surface area contributed by atoms with Crippen LogP contribution in [0.3, 0.4) is 0 Å². The molecule has 2 bridgehead atoms. The van der Waals surface area contributed by atoms with E-state index in [9.17, 15) is 27.6 Å². The third kappa shape index (κ3) is 5.17. The smallest absolute Gasteiger partial charge is 0.270 e. The Bertz CT molecular complexity index is 1650. The maximum atomic E-state index is 14.9. The molecule has 3 aromatic rings. The highest BCUT2D eigenvalue weighted by Gasteiger charge is 2.61. The quantitative estimate of drug-likeness (QED) is 0.311. The molecule has 4 atom stereocenters. The van der Waals surface area contributed by atoms with Gasteiger partial charge in [-0.3, -0.25) is 19.2 Å². The number of fused-ring (bicyclic) bond motifs is 5. The number of carbonyl (C=O) groups is 2. The lowest BCUT2D eigenvalue weighted by atomic mass is 9.85. The van der Waals surface area contributed by atoms with Crippen LogP contribution >= 0.6 is 15.9 Å². The summed E-state index contributed by atoms with van der Waals surface area (Å²) >= 11 is 3.68. The van der Waals surface area contributed by atoms with Crippen LogP contribution in [0.1, 0.15) is 64.2 Å². The summed E-state index contributed by atoms with van der Waals surface area (Å²) in [6.45, 7) is 1.72. The lowest BCUT2D eigenvalue weighted by Crippen LogP contribution is -2.52. The summed E-state index contributed by atoms with van der Waals surface area (Å²) in [5.41, 5.74) is 3.86. The van der Waals surface area contributed by atoms with Crippen molar-refractivity contribution in [2.45, 2.75) is 61.7 Å². The Hall–Kier alpha value is -3.52. The van der Waals surface area contributed by atoms with Gasteiger partial charge in [0.2, 0.25) is 4.63 Å². The highest BCUT2D eigenvalue weighted by Crippen LogP contribution is 2.54. The van der Waals surface area contributed by atoms with E-state index >= 15 is 0 Å². The predicted octanol–water partition coefficient (Wildman–Crippen LogP) is 4.39. The normalized spacial score (nSPS) is 26.9.